The first-order valence-electron chi connectivity index (χ1n) is 8.96. The van der Waals surface area contributed by atoms with Gasteiger partial charge in [0, 0.05) is 30.1 Å². The van der Waals surface area contributed by atoms with Crippen molar-refractivity contribution in [3.05, 3.63) is 29.8 Å². The van der Waals surface area contributed by atoms with Gasteiger partial charge in [0.1, 0.15) is 0 Å². The number of aliphatic hydroxyl groups excluding tert-OH is 1. The number of hydrogen-bond donors (Lipinski definition) is 3. The van der Waals surface area contributed by atoms with Crippen LogP contribution in [0, 0.1) is 11.3 Å². The van der Waals surface area contributed by atoms with Crippen LogP contribution in [-0.4, -0.2) is 29.7 Å². The van der Waals surface area contributed by atoms with Gasteiger partial charge in [-0.2, -0.15) is 0 Å². The van der Waals surface area contributed by atoms with E-state index in [-0.39, 0.29) is 29.4 Å². The van der Waals surface area contributed by atoms with Gasteiger partial charge in [0.25, 0.3) is 0 Å². The van der Waals surface area contributed by atoms with E-state index >= 15 is 0 Å². The highest BCUT2D eigenvalue weighted by Gasteiger charge is 2.30. The first kappa shape index (κ1) is 20.7. The summed E-state index contributed by atoms with van der Waals surface area (Å²) in [5.41, 5.74) is 1.81. The summed E-state index contributed by atoms with van der Waals surface area (Å²) in [7, 11) is 0. The molecule has 0 radical (unpaired) electrons. The molecular formula is C20H34N2O2. The van der Waals surface area contributed by atoms with Crippen LogP contribution in [0.4, 0.5) is 5.69 Å². The number of anilines is 1. The number of hydrogen-bond acceptors (Lipinski definition) is 3. The molecule has 1 aromatic carbocycles. The second kappa shape index (κ2) is 9.19. The fraction of sp³-hybridized carbons (Fsp3) is 0.650. The molecule has 3 N–H and O–H groups in total. The summed E-state index contributed by atoms with van der Waals surface area (Å²) in [5.74, 6) is 0.226. The lowest BCUT2D eigenvalue weighted by atomic mass is 9.80. The van der Waals surface area contributed by atoms with E-state index in [0.29, 0.717) is 13.0 Å². The number of nitrogens with one attached hydrogen (secondary N) is 2. The van der Waals surface area contributed by atoms with Crippen molar-refractivity contribution < 1.29 is 9.90 Å². The molecular weight excluding hydrogens is 300 g/mol. The summed E-state index contributed by atoms with van der Waals surface area (Å²) >= 11 is 0. The van der Waals surface area contributed by atoms with Gasteiger partial charge in [-0.05, 0) is 30.9 Å². The van der Waals surface area contributed by atoms with E-state index in [0.717, 1.165) is 17.7 Å². The summed E-state index contributed by atoms with van der Waals surface area (Å²) in [6.45, 7) is 12.9. The Kier molecular flexibility index (Phi) is 7.91. The molecule has 0 saturated carbocycles. The van der Waals surface area contributed by atoms with Crippen molar-refractivity contribution in [1.29, 1.82) is 0 Å². The molecule has 1 aromatic rings. The molecule has 0 spiro atoms. The lowest BCUT2D eigenvalue weighted by molar-refractivity contribution is -0.116. The van der Waals surface area contributed by atoms with Crippen molar-refractivity contribution in [2.45, 2.75) is 66.5 Å². The zero-order valence-corrected chi connectivity index (χ0v) is 16.0. The molecule has 0 fully saturated rings. The van der Waals surface area contributed by atoms with Crippen molar-refractivity contribution in [1.82, 2.24) is 5.32 Å². The number of aryl methyl sites for hydroxylation is 1. The Bertz CT molecular complexity index is 526. The van der Waals surface area contributed by atoms with E-state index in [9.17, 15) is 9.90 Å². The van der Waals surface area contributed by atoms with Gasteiger partial charge < -0.3 is 15.7 Å². The van der Waals surface area contributed by atoms with Crippen LogP contribution >= 0.6 is 0 Å². The SMILES string of the molecule is CCc1ccccc1NC(=O)CC(C)NCC(C)(C)C(O)C(C)C. The highest BCUT2D eigenvalue weighted by molar-refractivity contribution is 5.91. The molecule has 0 aliphatic rings. The second-order valence-electron chi connectivity index (χ2n) is 7.72. The standard InChI is InChI=1S/C20H34N2O2/c1-7-16-10-8-9-11-17(16)22-18(23)12-15(4)21-13-20(5,6)19(24)14(2)3/h8-11,14-15,19,21,24H,7,12-13H2,1-6H3,(H,22,23). The molecule has 136 valence electrons. The molecule has 0 aromatic heterocycles. The Hall–Kier alpha value is -1.39. The van der Waals surface area contributed by atoms with E-state index in [1.807, 2.05) is 45.0 Å². The van der Waals surface area contributed by atoms with E-state index < -0.39 is 0 Å². The lowest BCUT2D eigenvalue weighted by Gasteiger charge is -2.34. The first-order chi connectivity index (χ1) is 11.2. The highest BCUT2D eigenvalue weighted by atomic mass is 16.3. The van der Waals surface area contributed by atoms with E-state index in [4.69, 9.17) is 0 Å². The summed E-state index contributed by atoms with van der Waals surface area (Å²) in [6, 6.07) is 7.95. The predicted molar refractivity (Wildman–Crippen MR) is 101 cm³/mol. The van der Waals surface area contributed by atoms with Crippen molar-refractivity contribution in [3.63, 3.8) is 0 Å². The van der Waals surface area contributed by atoms with Gasteiger partial charge in [-0.1, -0.05) is 52.8 Å². The predicted octanol–water partition coefficient (Wildman–Crippen LogP) is 3.60. The summed E-state index contributed by atoms with van der Waals surface area (Å²) in [5, 5.41) is 16.7. The van der Waals surface area contributed by atoms with E-state index in [2.05, 4.69) is 31.4 Å². The van der Waals surface area contributed by atoms with Crippen LogP contribution in [-0.2, 0) is 11.2 Å². The number of aliphatic hydroxyl groups is 1. The maximum absolute atomic E-state index is 12.3. The number of para-hydroxylation sites is 1. The topological polar surface area (TPSA) is 61.4 Å². The Balaban J connectivity index is 2.50. The Morgan fingerprint density at radius 2 is 1.83 bits per heavy atom. The van der Waals surface area contributed by atoms with Crippen LogP contribution in [0.15, 0.2) is 24.3 Å². The number of carbonyl (C=O) groups excluding carboxylic acids is 1. The van der Waals surface area contributed by atoms with E-state index in [1.165, 1.54) is 0 Å². The molecule has 24 heavy (non-hydrogen) atoms. The summed E-state index contributed by atoms with van der Waals surface area (Å²) < 4.78 is 0. The van der Waals surface area contributed by atoms with Gasteiger partial charge in [-0.25, -0.2) is 0 Å². The number of amides is 1. The zero-order valence-electron chi connectivity index (χ0n) is 16.0. The molecule has 0 heterocycles. The normalized spacial score (nSPS) is 14.5. The third-order valence-electron chi connectivity index (χ3n) is 4.50. The second-order valence-corrected chi connectivity index (χ2v) is 7.72. The highest BCUT2D eigenvalue weighted by Crippen LogP contribution is 2.25. The maximum Gasteiger partial charge on any atom is 0.225 e. The molecule has 0 aliphatic carbocycles. The molecule has 0 saturated heterocycles. The van der Waals surface area contributed by atoms with Crippen molar-refractivity contribution >= 4 is 11.6 Å². The summed E-state index contributed by atoms with van der Waals surface area (Å²) in [4.78, 5) is 12.3. The molecule has 0 bridgehead atoms. The van der Waals surface area contributed by atoms with Gasteiger partial charge in [-0.15, -0.1) is 0 Å². The van der Waals surface area contributed by atoms with Crippen LogP contribution in [0.2, 0.25) is 0 Å². The number of rotatable bonds is 9. The molecule has 1 amide bonds. The van der Waals surface area contributed by atoms with Crippen LogP contribution in [0.3, 0.4) is 0 Å². The third kappa shape index (κ3) is 6.25. The minimum atomic E-state index is -0.373. The maximum atomic E-state index is 12.3. The van der Waals surface area contributed by atoms with Crippen molar-refractivity contribution in [2.24, 2.45) is 11.3 Å². The fourth-order valence-electron chi connectivity index (χ4n) is 2.95. The minimum absolute atomic E-state index is 0.0121. The monoisotopic (exact) mass is 334 g/mol. The molecule has 4 nitrogen and oxygen atoms in total. The van der Waals surface area contributed by atoms with Gasteiger partial charge in [0.2, 0.25) is 5.91 Å². The number of carbonyl (C=O) groups is 1. The van der Waals surface area contributed by atoms with Gasteiger partial charge in [0.15, 0.2) is 0 Å². The minimum Gasteiger partial charge on any atom is -0.392 e. The van der Waals surface area contributed by atoms with Gasteiger partial charge in [0.05, 0.1) is 6.10 Å². The van der Waals surface area contributed by atoms with Gasteiger partial charge in [-0.3, -0.25) is 4.79 Å². The van der Waals surface area contributed by atoms with Crippen molar-refractivity contribution in [2.75, 3.05) is 11.9 Å². The first-order valence-corrected chi connectivity index (χ1v) is 8.96. The average molecular weight is 335 g/mol. The third-order valence-corrected chi connectivity index (χ3v) is 4.50. The summed E-state index contributed by atoms with van der Waals surface area (Å²) in [6.07, 6.45) is 0.930. The smallest absolute Gasteiger partial charge is 0.225 e. The molecule has 1 rings (SSSR count). The molecule has 2 atom stereocenters. The van der Waals surface area contributed by atoms with Crippen molar-refractivity contribution in [3.8, 4) is 0 Å². The average Bonchev–Trinajstić information content (AvgIpc) is 2.52. The molecule has 0 aliphatic heterocycles. The van der Waals surface area contributed by atoms with Gasteiger partial charge >= 0.3 is 0 Å². The zero-order chi connectivity index (χ0) is 18.3. The van der Waals surface area contributed by atoms with Crippen LogP contribution in [0.25, 0.3) is 0 Å². The number of benzene rings is 1. The Morgan fingerprint density at radius 1 is 1.21 bits per heavy atom. The van der Waals surface area contributed by atoms with E-state index in [1.54, 1.807) is 0 Å². The molecule has 2 unspecified atom stereocenters. The van der Waals surface area contributed by atoms with Crippen LogP contribution in [0.5, 0.6) is 0 Å². The Labute approximate surface area is 147 Å². The fourth-order valence-corrected chi connectivity index (χ4v) is 2.95. The lowest BCUT2D eigenvalue weighted by Crippen LogP contribution is -2.44. The quantitative estimate of drug-likeness (QED) is 0.646. The molecule has 4 heteroatoms. The largest absolute Gasteiger partial charge is 0.392 e. The van der Waals surface area contributed by atoms with Crippen LogP contribution in [0.1, 0.15) is 53.5 Å². The van der Waals surface area contributed by atoms with Crippen LogP contribution < -0.4 is 10.6 Å². The Morgan fingerprint density at radius 3 is 2.42 bits per heavy atom.